The lowest BCUT2D eigenvalue weighted by atomic mass is 10.0. The minimum absolute atomic E-state index is 0.108. The zero-order valence-electron chi connectivity index (χ0n) is 12.4. The third-order valence-corrected chi connectivity index (χ3v) is 3.42. The smallest absolute Gasteiger partial charge is 0.193 e. The highest BCUT2D eigenvalue weighted by Gasteiger charge is 2.12. The van der Waals surface area contributed by atoms with Crippen molar-refractivity contribution >= 4 is 17.2 Å². The zero-order chi connectivity index (χ0) is 16.2. The summed E-state index contributed by atoms with van der Waals surface area (Å²) >= 11 is 0. The molecule has 0 aliphatic carbocycles. The van der Waals surface area contributed by atoms with E-state index in [4.69, 9.17) is 16.2 Å². The summed E-state index contributed by atoms with van der Waals surface area (Å²) in [5.74, 6) is 1.01. The minimum Gasteiger partial charge on any atom is -0.455 e. The van der Waals surface area contributed by atoms with Crippen LogP contribution in [0.15, 0.2) is 72.8 Å². The van der Waals surface area contributed by atoms with Gasteiger partial charge in [0.1, 0.15) is 5.75 Å². The largest absolute Gasteiger partial charge is 0.455 e. The van der Waals surface area contributed by atoms with Crippen molar-refractivity contribution in [1.29, 1.82) is 0 Å². The Balaban J connectivity index is 1.90. The molecule has 0 saturated carbocycles. The molecule has 0 aliphatic rings. The standard InChI is InChI=1S/C19H16N2O2/c20-15-9-6-13(7-10-15)19(22)14-8-11-17(21)18(12-14)23-16-4-2-1-3-5-16/h1-12H,20-21H2. The Labute approximate surface area is 134 Å². The highest BCUT2D eigenvalue weighted by Crippen LogP contribution is 2.29. The molecule has 0 fully saturated rings. The van der Waals surface area contributed by atoms with E-state index >= 15 is 0 Å². The van der Waals surface area contributed by atoms with Crippen LogP contribution in [0, 0.1) is 0 Å². The summed E-state index contributed by atoms with van der Waals surface area (Å²) in [6, 6.07) is 21.1. The Kier molecular flexibility index (Phi) is 3.97. The Morgan fingerprint density at radius 1 is 0.783 bits per heavy atom. The topological polar surface area (TPSA) is 78.3 Å². The van der Waals surface area contributed by atoms with E-state index in [1.807, 2.05) is 30.3 Å². The second-order valence-corrected chi connectivity index (χ2v) is 5.12. The lowest BCUT2D eigenvalue weighted by molar-refractivity contribution is 0.103. The molecule has 0 saturated heterocycles. The Bertz CT molecular complexity index is 828. The summed E-state index contributed by atoms with van der Waals surface area (Å²) in [5.41, 5.74) is 13.8. The van der Waals surface area contributed by atoms with Gasteiger partial charge in [0.15, 0.2) is 11.5 Å². The molecule has 23 heavy (non-hydrogen) atoms. The number of nitrogens with two attached hydrogens (primary N) is 2. The number of ether oxygens (including phenoxy) is 1. The first-order chi connectivity index (χ1) is 11.1. The molecule has 4 heteroatoms. The number of carbonyl (C=O) groups excluding carboxylic acids is 1. The van der Waals surface area contributed by atoms with Crippen molar-refractivity contribution in [3.05, 3.63) is 83.9 Å². The van der Waals surface area contributed by atoms with Crippen LogP contribution < -0.4 is 16.2 Å². The molecule has 0 atom stereocenters. The summed E-state index contributed by atoms with van der Waals surface area (Å²) in [5, 5.41) is 0. The van der Waals surface area contributed by atoms with E-state index in [2.05, 4.69) is 0 Å². The maximum Gasteiger partial charge on any atom is 0.193 e. The maximum atomic E-state index is 12.5. The number of hydrogen-bond acceptors (Lipinski definition) is 4. The van der Waals surface area contributed by atoms with Gasteiger partial charge < -0.3 is 16.2 Å². The molecule has 0 bridgehead atoms. The summed E-state index contributed by atoms with van der Waals surface area (Å²) in [4.78, 5) is 12.5. The van der Waals surface area contributed by atoms with Crippen LogP contribution in [0.4, 0.5) is 11.4 Å². The van der Waals surface area contributed by atoms with Crippen LogP contribution in [0.25, 0.3) is 0 Å². The number of ketones is 1. The first-order valence-electron chi connectivity index (χ1n) is 7.16. The van der Waals surface area contributed by atoms with Gasteiger partial charge in [-0.25, -0.2) is 0 Å². The van der Waals surface area contributed by atoms with Crippen molar-refractivity contribution in [2.75, 3.05) is 11.5 Å². The van der Waals surface area contributed by atoms with Gasteiger partial charge in [-0.2, -0.15) is 0 Å². The van der Waals surface area contributed by atoms with Gasteiger partial charge in [0, 0.05) is 16.8 Å². The number of para-hydroxylation sites is 1. The van der Waals surface area contributed by atoms with Crippen molar-refractivity contribution in [3.8, 4) is 11.5 Å². The Morgan fingerprint density at radius 3 is 2.13 bits per heavy atom. The predicted octanol–water partition coefficient (Wildman–Crippen LogP) is 3.87. The van der Waals surface area contributed by atoms with E-state index < -0.39 is 0 Å². The summed E-state index contributed by atoms with van der Waals surface area (Å²) in [6.07, 6.45) is 0. The maximum absolute atomic E-state index is 12.5. The number of carbonyl (C=O) groups is 1. The van der Waals surface area contributed by atoms with E-state index in [9.17, 15) is 4.79 Å². The fourth-order valence-electron chi connectivity index (χ4n) is 2.18. The van der Waals surface area contributed by atoms with Gasteiger partial charge in [0.05, 0.1) is 5.69 Å². The number of rotatable bonds is 4. The van der Waals surface area contributed by atoms with Gasteiger partial charge >= 0.3 is 0 Å². The summed E-state index contributed by atoms with van der Waals surface area (Å²) in [6.45, 7) is 0. The average Bonchev–Trinajstić information content (AvgIpc) is 2.58. The fourth-order valence-corrected chi connectivity index (χ4v) is 2.18. The monoisotopic (exact) mass is 304 g/mol. The van der Waals surface area contributed by atoms with E-state index in [-0.39, 0.29) is 5.78 Å². The third kappa shape index (κ3) is 3.32. The van der Waals surface area contributed by atoms with Gasteiger partial charge in [-0.3, -0.25) is 4.79 Å². The van der Waals surface area contributed by atoms with Crippen molar-refractivity contribution in [1.82, 2.24) is 0 Å². The SMILES string of the molecule is Nc1ccc(C(=O)c2ccc(N)c(Oc3ccccc3)c2)cc1. The molecule has 3 aromatic rings. The van der Waals surface area contributed by atoms with Gasteiger partial charge in [0.2, 0.25) is 0 Å². The Hall–Kier alpha value is -3.27. The average molecular weight is 304 g/mol. The van der Waals surface area contributed by atoms with E-state index in [0.717, 1.165) is 0 Å². The Morgan fingerprint density at radius 2 is 1.43 bits per heavy atom. The lowest BCUT2D eigenvalue weighted by Gasteiger charge is -2.10. The van der Waals surface area contributed by atoms with E-state index in [1.165, 1.54) is 0 Å². The molecule has 0 aliphatic heterocycles. The molecule has 4 nitrogen and oxygen atoms in total. The fraction of sp³-hybridized carbons (Fsp3) is 0. The molecule has 0 heterocycles. The third-order valence-electron chi connectivity index (χ3n) is 3.42. The summed E-state index contributed by atoms with van der Waals surface area (Å²) < 4.78 is 5.76. The zero-order valence-corrected chi connectivity index (χ0v) is 12.4. The van der Waals surface area contributed by atoms with Crippen LogP contribution in [0.3, 0.4) is 0 Å². The summed E-state index contributed by atoms with van der Waals surface area (Å²) in [7, 11) is 0. The van der Waals surface area contributed by atoms with Crippen LogP contribution in [0.5, 0.6) is 11.5 Å². The number of nitrogen functional groups attached to an aromatic ring is 2. The van der Waals surface area contributed by atoms with Crippen LogP contribution in [0.2, 0.25) is 0 Å². The molecule has 3 rings (SSSR count). The van der Waals surface area contributed by atoms with Gasteiger partial charge in [0.25, 0.3) is 0 Å². The van der Waals surface area contributed by atoms with Gasteiger partial charge in [-0.05, 0) is 54.6 Å². The first kappa shape index (κ1) is 14.7. The number of hydrogen-bond donors (Lipinski definition) is 2. The van der Waals surface area contributed by atoms with Gasteiger partial charge in [-0.1, -0.05) is 18.2 Å². The molecular formula is C19H16N2O2. The van der Waals surface area contributed by atoms with Crippen LogP contribution in [-0.2, 0) is 0 Å². The predicted molar refractivity (Wildman–Crippen MR) is 91.7 cm³/mol. The molecule has 114 valence electrons. The molecule has 0 spiro atoms. The van der Waals surface area contributed by atoms with Crippen molar-refractivity contribution in [2.24, 2.45) is 0 Å². The number of anilines is 2. The van der Waals surface area contributed by atoms with E-state index in [0.29, 0.717) is 34.0 Å². The molecule has 3 aromatic carbocycles. The van der Waals surface area contributed by atoms with Crippen LogP contribution in [0.1, 0.15) is 15.9 Å². The van der Waals surface area contributed by atoms with Gasteiger partial charge in [-0.15, -0.1) is 0 Å². The normalized spacial score (nSPS) is 10.3. The second-order valence-electron chi connectivity index (χ2n) is 5.12. The van der Waals surface area contributed by atoms with E-state index in [1.54, 1.807) is 42.5 Å². The lowest BCUT2D eigenvalue weighted by Crippen LogP contribution is -2.03. The van der Waals surface area contributed by atoms with Crippen molar-refractivity contribution in [2.45, 2.75) is 0 Å². The van der Waals surface area contributed by atoms with Crippen molar-refractivity contribution in [3.63, 3.8) is 0 Å². The quantitative estimate of drug-likeness (QED) is 0.566. The number of benzene rings is 3. The van der Waals surface area contributed by atoms with Crippen LogP contribution in [-0.4, -0.2) is 5.78 Å². The second kappa shape index (κ2) is 6.23. The highest BCUT2D eigenvalue weighted by molar-refractivity contribution is 6.09. The molecular weight excluding hydrogens is 288 g/mol. The molecule has 0 aromatic heterocycles. The molecule has 0 radical (unpaired) electrons. The first-order valence-corrected chi connectivity index (χ1v) is 7.16. The molecule has 0 unspecified atom stereocenters. The molecule has 0 amide bonds. The van der Waals surface area contributed by atoms with Crippen molar-refractivity contribution < 1.29 is 9.53 Å². The van der Waals surface area contributed by atoms with Crippen LogP contribution >= 0.6 is 0 Å². The minimum atomic E-state index is -0.108. The molecule has 4 N–H and O–H groups in total. The highest BCUT2D eigenvalue weighted by atomic mass is 16.5.